The zero-order chi connectivity index (χ0) is 25.6. The van der Waals surface area contributed by atoms with E-state index in [2.05, 4.69) is 21.3 Å². The quantitative estimate of drug-likeness (QED) is 0.533. The Morgan fingerprint density at radius 3 is 2.42 bits per heavy atom. The molecule has 1 unspecified atom stereocenters. The normalized spacial score (nSPS) is 19.5. The molecule has 3 aromatic rings. The van der Waals surface area contributed by atoms with Crippen LogP contribution < -0.4 is 24.3 Å². The van der Waals surface area contributed by atoms with Gasteiger partial charge in [-0.2, -0.15) is 0 Å². The number of anilines is 1. The number of aryl methyl sites for hydroxylation is 1. The van der Waals surface area contributed by atoms with Crippen molar-refractivity contribution in [2.75, 3.05) is 45.1 Å². The number of rotatable bonds is 5. The van der Waals surface area contributed by atoms with Crippen molar-refractivity contribution in [2.45, 2.75) is 25.3 Å². The molecule has 11 heteroatoms. The third kappa shape index (κ3) is 4.31. The lowest BCUT2D eigenvalue weighted by molar-refractivity contribution is -0.134. The average molecular weight is 535 g/mol. The third-order valence-corrected chi connectivity index (χ3v) is 8.44. The molecule has 0 bridgehead atoms. The van der Waals surface area contributed by atoms with Gasteiger partial charge in [-0.25, -0.2) is 4.98 Å². The van der Waals surface area contributed by atoms with Gasteiger partial charge < -0.3 is 23.8 Å². The van der Waals surface area contributed by atoms with Crippen LogP contribution in [0.15, 0.2) is 36.4 Å². The maximum absolute atomic E-state index is 13.4. The Morgan fingerprint density at radius 2 is 1.63 bits per heavy atom. The van der Waals surface area contributed by atoms with Gasteiger partial charge in [0, 0.05) is 43.2 Å². The SMILES string of the molecule is O=C(Nc1nc2c(s1)CCC2C(=O)N1CCN(Cc2ccc3c(c2)OCO3)CC1)c1ccc2c(c1)OCO2. The molecule has 1 aromatic heterocycles. The number of nitrogens with one attached hydrogen (secondary N) is 1. The van der Waals surface area contributed by atoms with E-state index in [0.29, 0.717) is 35.3 Å². The van der Waals surface area contributed by atoms with E-state index in [-0.39, 0.29) is 31.3 Å². The summed E-state index contributed by atoms with van der Waals surface area (Å²) in [5.74, 6) is 2.38. The molecule has 0 spiro atoms. The number of carbonyl (C=O) groups excluding carboxylic acids is 2. The highest BCUT2D eigenvalue weighted by Crippen LogP contribution is 2.40. The summed E-state index contributed by atoms with van der Waals surface area (Å²) < 4.78 is 21.6. The molecule has 1 atom stereocenters. The molecule has 0 radical (unpaired) electrons. The van der Waals surface area contributed by atoms with Crippen molar-refractivity contribution in [3.63, 3.8) is 0 Å². The highest BCUT2D eigenvalue weighted by Gasteiger charge is 2.36. The monoisotopic (exact) mass is 534 g/mol. The number of nitrogens with zero attached hydrogens (tertiary/aromatic N) is 3. The van der Waals surface area contributed by atoms with Crippen LogP contribution in [0.1, 0.15) is 38.8 Å². The van der Waals surface area contributed by atoms with Crippen molar-refractivity contribution >= 4 is 28.3 Å². The summed E-state index contributed by atoms with van der Waals surface area (Å²) in [6, 6.07) is 11.1. The maximum atomic E-state index is 13.4. The Bertz CT molecular complexity index is 1420. The first-order chi connectivity index (χ1) is 18.6. The number of carbonyl (C=O) groups is 2. The summed E-state index contributed by atoms with van der Waals surface area (Å²) in [6.07, 6.45) is 1.56. The van der Waals surface area contributed by atoms with Gasteiger partial charge in [0.2, 0.25) is 19.5 Å². The molecule has 2 amide bonds. The van der Waals surface area contributed by atoms with Gasteiger partial charge in [0.25, 0.3) is 5.91 Å². The Balaban J connectivity index is 0.960. The van der Waals surface area contributed by atoms with Crippen molar-refractivity contribution < 1.29 is 28.5 Å². The minimum atomic E-state index is -0.266. The molecule has 38 heavy (non-hydrogen) atoms. The number of hydrogen-bond acceptors (Lipinski definition) is 9. The van der Waals surface area contributed by atoms with Gasteiger partial charge in [-0.15, -0.1) is 11.3 Å². The molecule has 7 rings (SSSR count). The second kappa shape index (κ2) is 9.48. The fraction of sp³-hybridized carbons (Fsp3) is 0.370. The molecular formula is C27H26N4O6S. The highest BCUT2D eigenvalue weighted by atomic mass is 32.1. The second-order valence-electron chi connectivity index (χ2n) is 9.73. The lowest BCUT2D eigenvalue weighted by atomic mass is 10.0. The van der Waals surface area contributed by atoms with Crippen LogP contribution in [0.3, 0.4) is 0 Å². The van der Waals surface area contributed by atoms with Crippen molar-refractivity contribution in [3.05, 3.63) is 58.1 Å². The minimum absolute atomic E-state index is 0.130. The summed E-state index contributed by atoms with van der Waals surface area (Å²) in [7, 11) is 0. The smallest absolute Gasteiger partial charge is 0.257 e. The molecule has 4 heterocycles. The number of ether oxygens (including phenoxy) is 4. The van der Waals surface area contributed by atoms with E-state index < -0.39 is 0 Å². The van der Waals surface area contributed by atoms with Gasteiger partial charge >= 0.3 is 0 Å². The van der Waals surface area contributed by atoms with Crippen LogP contribution >= 0.6 is 11.3 Å². The second-order valence-corrected chi connectivity index (χ2v) is 10.8. The van der Waals surface area contributed by atoms with Crippen molar-refractivity contribution in [2.24, 2.45) is 0 Å². The molecule has 1 N–H and O–H groups in total. The molecule has 10 nitrogen and oxygen atoms in total. The lowest BCUT2D eigenvalue weighted by Crippen LogP contribution is -2.49. The van der Waals surface area contributed by atoms with E-state index in [1.54, 1.807) is 18.2 Å². The van der Waals surface area contributed by atoms with Crippen molar-refractivity contribution in [3.8, 4) is 23.0 Å². The number of benzene rings is 2. The first kappa shape index (κ1) is 23.3. The fourth-order valence-electron chi connectivity index (χ4n) is 5.37. The van der Waals surface area contributed by atoms with E-state index >= 15 is 0 Å². The zero-order valence-corrected chi connectivity index (χ0v) is 21.4. The number of fused-ring (bicyclic) bond motifs is 3. The predicted molar refractivity (Wildman–Crippen MR) is 138 cm³/mol. The van der Waals surface area contributed by atoms with E-state index in [0.717, 1.165) is 54.5 Å². The van der Waals surface area contributed by atoms with Gasteiger partial charge in [0.05, 0.1) is 11.6 Å². The lowest BCUT2D eigenvalue weighted by Gasteiger charge is -2.36. The highest BCUT2D eigenvalue weighted by molar-refractivity contribution is 7.16. The topological polar surface area (TPSA) is 102 Å². The van der Waals surface area contributed by atoms with E-state index in [9.17, 15) is 9.59 Å². The summed E-state index contributed by atoms with van der Waals surface area (Å²) in [5, 5.41) is 3.40. The average Bonchev–Trinajstić information content (AvgIpc) is 3.72. The molecule has 4 aliphatic rings. The molecule has 0 saturated carbocycles. The molecule has 3 aliphatic heterocycles. The molecule has 196 valence electrons. The molecule has 1 saturated heterocycles. The van der Waals surface area contributed by atoms with E-state index in [1.165, 1.54) is 16.9 Å². The van der Waals surface area contributed by atoms with E-state index in [4.69, 9.17) is 18.9 Å². The predicted octanol–water partition coefficient (Wildman–Crippen LogP) is 3.23. The maximum Gasteiger partial charge on any atom is 0.257 e. The summed E-state index contributed by atoms with van der Waals surface area (Å²) >= 11 is 1.45. The van der Waals surface area contributed by atoms with E-state index in [1.807, 2.05) is 17.0 Å². The van der Waals surface area contributed by atoms with Crippen LogP contribution in [0.4, 0.5) is 5.13 Å². The Morgan fingerprint density at radius 1 is 0.921 bits per heavy atom. The number of hydrogen-bond donors (Lipinski definition) is 1. The first-order valence-electron chi connectivity index (χ1n) is 12.7. The van der Waals surface area contributed by atoms with Crippen molar-refractivity contribution in [1.29, 1.82) is 0 Å². The minimum Gasteiger partial charge on any atom is -0.454 e. The van der Waals surface area contributed by atoms with Crippen LogP contribution in [-0.4, -0.2) is 66.4 Å². The van der Waals surface area contributed by atoms with Gasteiger partial charge in [-0.3, -0.25) is 19.8 Å². The summed E-state index contributed by atoms with van der Waals surface area (Å²) in [5.41, 5.74) is 2.45. The van der Waals surface area contributed by atoms with Crippen LogP contribution in [0.25, 0.3) is 0 Å². The molecule has 1 aliphatic carbocycles. The summed E-state index contributed by atoms with van der Waals surface area (Å²) in [6.45, 7) is 4.24. The van der Waals surface area contributed by atoms with Crippen LogP contribution in [0.2, 0.25) is 0 Å². The molecule has 2 aromatic carbocycles. The molecular weight excluding hydrogens is 508 g/mol. The summed E-state index contributed by atoms with van der Waals surface area (Å²) in [4.78, 5) is 36.3. The Kier molecular flexibility index (Phi) is 5.81. The van der Waals surface area contributed by atoms with Crippen LogP contribution in [0.5, 0.6) is 23.0 Å². The van der Waals surface area contributed by atoms with Gasteiger partial charge in [-0.1, -0.05) is 6.07 Å². The largest absolute Gasteiger partial charge is 0.454 e. The zero-order valence-electron chi connectivity index (χ0n) is 20.6. The number of amides is 2. The van der Waals surface area contributed by atoms with Crippen molar-refractivity contribution in [1.82, 2.24) is 14.8 Å². The standard InChI is InChI=1S/C27H26N4O6S/c32-25(17-2-5-20-22(12-17)37-15-35-20)29-27-28-24-18(3-6-23(24)38-27)26(33)31-9-7-30(8-10-31)13-16-1-4-19-21(11-16)36-14-34-19/h1-2,4-5,11-12,18H,3,6-10,13-15H2,(H,28,29,32). The van der Waals surface area contributed by atoms with Gasteiger partial charge in [0.1, 0.15) is 0 Å². The number of aromatic nitrogens is 1. The number of thiazole rings is 1. The van der Waals surface area contributed by atoms with Crippen LogP contribution in [-0.2, 0) is 17.8 Å². The Hall–Kier alpha value is -3.83. The van der Waals surface area contributed by atoms with Gasteiger partial charge in [-0.05, 0) is 48.7 Å². The van der Waals surface area contributed by atoms with Gasteiger partial charge in [0.15, 0.2) is 28.1 Å². The molecule has 1 fully saturated rings. The first-order valence-corrected chi connectivity index (χ1v) is 13.5. The van der Waals surface area contributed by atoms with Crippen LogP contribution in [0, 0.1) is 0 Å². The third-order valence-electron chi connectivity index (χ3n) is 7.40. The number of piperazine rings is 1. The Labute approximate surface area is 223 Å². The fourth-order valence-corrected chi connectivity index (χ4v) is 6.41.